The summed E-state index contributed by atoms with van der Waals surface area (Å²) in [4.78, 5) is 38.2. The summed E-state index contributed by atoms with van der Waals surface area (Å²) in [5, 5.41) is 12.1. The predicted octanol–water partition coefficient (Wildman–Crippen LogP) is 0.645. The Hall–Kier alpha value is -2.67. The molecule has 0 aromatic rings. The van der Waals surface area contributed by atoms with Crippen LogP contribution in [0.3, 0.4) is 0 Å². The maximum Gasteiger partial charge on any atom is 0.246 e. The van der Waals surface area contributed by atoms with Crippen LogP contribution in [0.2, 0.25) is 0 Å². The van der Waals surface area contributed by atoms with Crippen molar-refractivity contribution >= 4 is 17.7 Å². The molecule has 3 amide bonds. The number of nitrogens with one attached hydrogen (secondary N) is 1. The van der Waals surface area contributed by atoms with Gasteiger partial charge >= 0.3 is 0 Å². The summed E-state index contributed by atoms with van der Waals surface area (Å²) in [5.41, 5.74) is 0. The van der Waals surface area contributed by atoms with Crippen molar-refractivity contribution in [2.75, 3.05) is 32.7 Å². The van der Waals surface area contributed by atoms with Gasteiger partial charge in [-0.3, -0.25) is 14.4 Å². The van der Waals surface area contributed by atoms with Crippen molar-refractivity contribution in [1.82, 2.24) is 15.1 Å². The van der Waals surface area contributed by atoms with Crippen LogP contribution in [0.15, 0.2) is 50.6 Å². The zero-order valence-electron chi connectivity index (χ0n) is 15.2. The van der Waals surface area contributed by atoms with Gasteiger partial charge in [-0.2, -0.15) is 0 Å². The van der Waals surface area contributed by atoms with Crippen molar-refractivity contribution in [3.8, 4) is 0 Å². The maximum absolute atomic E-state index is 12.0. The van der Waals surface area contributed by atoms with E-state index in [0.29, 0.717) is 32.5 Å². The first-order valence-electron chi connectivity index (χ1n) is 8.43. The molecule has 1 atom stereocenters. The molecule has 0 rings (SSSR count). The first-order valence-corrected chi connectivity index (χ1v) is 8.43. The molecule has 0 saturated carbocycles. The van der Waals surface area contributed by atoms with Gasteiger partial charge in [0.2, 0.25) is 17.7 Å². The summed E-state index contributed by atoms with van der Waals surface area (Å²) in [5.74, 6) is -0.852. The van der Waals surface area contributed by atoms with Crippen LogP contribution < -0.4 is 5.32 Å². The van der Waals surface area contributed by atoms with Gasteiger partial charge in [-0.25, -0.2) is 0 Å². The molecule has 0 heterocycles. The van der Waals surface area contributed by atoms with E-state index >= 15 is 0 Å². The number of carbonyl (C=O) groups excluding carboxylic acids is 3. The van der Waals surface area contributed by atoms with Gasteiger partial charge in [0.25, 0.3) is 0 Å². The summed E-state index contributed by atoms with van der Waals surface area (Å²) in [6.07, 6.45) is 5.49. The van der Waals surface area contributed by atoms with E-state index in [9.17, 15) is 19.5 Å². The molecule has 0 aliphatic heterocycles. The lowest BCUT2D eigenvalue weighted by Crippen LogP contribution is -2.43. The normalized spacial score (nSPS) is 11.0. The number of hydrogen-bond donors (Lipinski definition) is 2. The fourth-order valence-corrected chi connectivity index (χ4v) is 2.16. The molecule has 0 aromatic heterocycles. The Kier molecular flexibility index (Phi) is 12.2. The number of rotatable bonds is 14. The highest BCUT2D eigenvalue weighted by Gasteiger charge is 2.15. The number of hydrogen-bond acceptors (Lipinski definition) is 4. The third kappa shape index (κ3) is 9.58. The molecule has 0 radical (unpaired) electrons. The molecule has 0 aliphatic carbocycles. The molecule has 0 bridgehead atoms. The average Bonchev–Trinajstić information content (AvgIpc) is 2.66. The van der Waals surface area contributed by atoms with Crippen molar-refractivity contribution in [3.63, 3.8) is 0 Å². The van der Waals surface area contributed by atoms with Gasteiger partial charge < -0.3 is 20.2 Å². The highest BCUT2D eigenvalue weighted by molar-refractivity contribution is 5.88. The number of aliphatic hydroxyl groups is 1. The third-order valence-electron chi connectivity index (χ3n) is 3.68. The van der Waals surface area contributed by atoms with Gasteiger partial charge in [-0.05, 0) is 31.1 Å². The lowest BCUT2D eigenvalue weighted by molar-refractivity contribution is -0.130. The Morgan fingerprint density at radius 2 is 1.42 bits per heavy atom. The highest BCUT2D eigenvalue weighted by atomic mass is 16.3. The van der Waals surface area contributed by atoms with Crippen LogP contribution in [-0.2, 0) is 14.4 Å². The Morgan fingerprint density at radius 1 is 0.885 bits per heavy atom. The Balaban J connectivity index is 4.68. The minimum absolute atomic E-state index is 0.246. The van der Waals surface area contributed by atoms with E-state index in [-0.39, 0.29) is 30.8 Å². The van der Waals surface area contributed by atoms with E-state index < -0.39 is 6.10 Å². The minimum Gasteiger partial charge on any atom is -0.389 e. The molecule has 0 aliphatic rings. The number of aliphatic hydroxyl groups excluding tert-OH is 1. The molecular formula is C19H29N3O4. The van der Waals surface area contributed by atoms with Crippen molar-refractivity contribution in [2.24, 2.45) is 0 Å². The third-order valence-corrected chi connectivity index (χ3v) is 3.68. The van der Waals surface area contributed by atoms with Crippen molar-refractivity contribution in [3.05, 3.63) is 50.6 Å². The molecule has 0 fully saturated rings. The van der Waals surface area contributed by atoms with Crippen molar-refractivity contribution in [1.29, 1.82) is 0 Å². The van der Waals surface area contributed by atoms with E-state index in [1.54, 1.807) is 4.90 Å². The van der Waals surface area contributed by atoms with Gasteiger partial charge in [0.15, 0.2) is 0 Å². The van der Waals surface area contributed by atoms with E-state index in [4.69, 9.17) is 0 Å². The van der Waals surface area contributed by atoms with Crippen LogP contribution >= 0.6 is 0 Å². The topological polar surface area (TPSA) is 89.9 Å². The summed E-state index contributed by atoms with van der Waals surface area (Å²) >= 11 is 0. The highest BCUT2D eigenvalue weighted by Crippen LogP contribution is 2.03. The van der Waals surface area contributed by atoms with Crippen molar-refractivity contribution in [2.45, 2.75) is 18.9 Å². The molecular weight excluding hydrogens is 334 g/mol. The first kappa shape index (κ1) is 23.3. The zero-order valence-corrected chi connectivity index (χ0v) is 15.2. The fraction of sp³-hybridized carbons (Fsp3) is 0.421. The van der Waals surface area contributed by atoms with E-state index in [1.807, 2.05) is 0 Å². The lowest BCUT2D eigenvalue weighted by Gasteiger charge is -2.27. The van der Waals surface area contributed by atoms with Gasteiger partial charge in [-0.15, -0.1) is 6.58 Å². The number of carbonyl (C=O) groups is 3. The minimum atomic E-state index is -0.608. The molecule has 0 saturated heterocycles. The molecule has 26 heavy (non-hydrogen) atoms. The standard InChI is InChI=1S/C19H29N3O4/c1-5-16(23)10-9-12-21(18(25)7-3)14-15-22(19(26)8-4)13-11-20-17(24)6-2/h5-8,16,23H,1-4,9-15H2,(H,20,24). The SMILES string of the molecule is C=CC(=O)NCCN(CCN(CCCC(O)C=C)C(=O)C=C)C(=O)C=C. The Morgan fingerprint density at radius 3 is 1.88 bits per heavy atom. The predicted molar refractivity (Wildman–Crippen MR) is 102 cm³/mol. The van der Waals surface area contributed by atoms with Gasteiger partial charge in [0.1, 0.15) is 0 Å². The molecule has 7 nitrogen and oxygen atoms in total. The second kappa shape index (κ2) is 13.6. The lowest BCUT2D eigenvalue weighted by atomic mass is 10.2. The van der Waals surface area contributed by atoms with Gasteiger partial charge in [-0.1, -0.05) is 25.8 Å². The number of amides is 3. The Labute approximate surface area is 155 Å². The monoisotopic (exact) mass is 363 g/mol. The second-order valence-corrected chi connectivity index (χ2v) is 5.50. The van der Waals surface area contributed by atoms with E-state index in [0.717, 1.165) is 6.08 Å². The average molecular weight is 363 g/mol. The molecule has 2 N–H and O–H groups in total. The smallest absolute Gasteiger partial charge is 0.246 e. The number of nitrogens with zero attached hydrogens (tertiary/aromatic N) is 2. The maximum atomic E-state index is 12.0. The van der Waals surface area contributed by atoms with Crippen molar-refractivity contribution < 1.29 is 19.5 Å². The second-order valence-electron chi connectivity index (χ2n) is 5.50. The van der Waals surface area contributed by atoms with Gasteiger partial charge in [0.05, 0.1) is 6.10 Å². The van der Waals surface area contributed by atoms with Crippen LogP contribution in [0.1, 0.15) is 12.8 Å². The summed E-state index contributed by atoms with van der Waals surface area (Å²) in [6, 6.07) is 0. The van der Waals surface area contributed by atoms with E-state index in [1.165, 1.54) is 23.1 Å². The first-order chi connectivity index (χ1) is 12.4. The molecule has 0 aromatic carbocycles. The quantitative estimate of drug-likeness (QED) is 0.350. The van der Waals surface area contributed by atoms with Crippen LogP contribution in [0.25, 0.3) is 0 Å². The van der Waals surface area contributed by atoms with Crippen LogP contribution in [0.5, 0.6) is 0 Å². The molecule has 7 heteroatoms. The van der Waals surface area contributed by atoms with Crippen LogP contribution in [0, 0.1) is 0 Å². The zero-order chi connectivity index (χ0) is 19.9. The largest absolute Gasteiger partial charge is 0.389 e. The van der Waals surface area contributed by atoms with Gasteiger partial charge in [0, 0.05) is 32.7 Å². The fourth-order valence-electron chi connectivity index (χ4n) is 2.16. The molecule has 144 valence electrons. The Bertz CT molecular complexity index is 531. The molecule has 0 spiro atoms. The van der Waals surface area contributed by atoms with E-state index in [2.05, 4.69) is 31.6 Å². The van der Waals surface area contributed by atoms with Crippen LogP contribution in [-0.4, -0.2) is 71.5 Å². The molecule has 1 unspecified atom stereocenters. The summed E-state index contributed by atoms with van der Waals surface area (Å²) in [7, 11) is 0. The van der Waals surface area contributed by atoms with Crippen LogP contribution in [0.4, 0.5) is 0 Å². The summed E-state index contributed by atoms with van der Waals surface area (Å²) < 4.78 is 0. The summed E-state index contributed by atoms with van der Waals surface area (Å²) in [6.45, 7) is 15.4.